The van der Waals surface area contributed by atoms with Gasteiger partial charge in [-0.3, -0.25) is 9.59 Å². The molecule has 0 aliphatic heterocycles. The number of carbonyl (C=O) groups is 2. The normalized spacial score (nSPS) is 16.2. The molecule has 0 amide bonds. The van der Waals surface area contributed by atoms with Crippen LogP contribution in [0.1, 0.15) is 26.7 Å². The van der Waals surface area contributed by atoms with Gasteiger partial charge < -0.3 is 4.74 Å². The van der Waals surface area contributed by atoms with E-state index in [2.05, 4.69) is 0 Å². The summed E-state index contributed by atoms with van der Waals surface area (Å²) in [5.41, 5.74) is 0. The molecule has 0 heterocycles. The van der Waals surface area contributed by atoms with E-state index >= 15 is 0 Å². The Kier molecular flexibility index (Phi) is 4.20. The summed E-state index contributed by atoms with van der Waals surface area (Å²) in [6.45, 7) is 3.87. The molecular weight excluding hydrogens is 200 g/mol. The fraction of sp³-hybridized carbons (Fsp3) is 0.600. The lowest BCUT2D eigenvalue weighted by atomic mass is 10.4. The topological polar surface area (TPSA) is 43.4 Å². The highest BCUT2D eigenvalue weighted by atomic mass is 32.2. The SMILES string of the molecule is CC(C)SC(=O)C=COC(=O)C1CC1. The fourth-order valence-electron chi connectivity index (χ4n) is 0.843. The predicted molar refractivity (Wildman–Crippen MR) is 55.7 cm³/mol. The minimum absolute atomic E-state index is 0.0764. The molecule has 1 saturated carbocycles. The van der Waals surface area contributed by atoms with Gasteiger partial charge in [0.05, 0.1) is 12.2 Å². The number of esters is 1. The Labute approximate surface area is 87.9 Å². The summed E-state index contributed by atoms with van der Waals surface area (Å²) in [4.78, 5) is 22.1. The number of carbonyl (C=O) groups excluding carboxylic acids is 2. The molecule has 0 atom stereocenters. The van der Waals surface area contributed by atoms with Gasteiger partial charge in [-0.05, 0) is 12.8 Å². The standard InChI is InChI=1S/C10H14O3S/c1-7(2)14-9(11)5-6-13-10(12)8-3-4-8/h5-8H,3-4H2,1-2H3. The second-order valence-electron chi connectivity index (χ2n) is 3.50. The Balaban J connectivity index is 2.18. The van der Waals surface area contributed by atoms with Crippen molar-refractivity contribution in [2.24, 2.45) is 5.92 Å². The van der Waals surface area contributed by atoms with E-state index in [4.69, 9.17) is 4.74 Å². The summed E-state index contributed by atoms with van der Waals surface area (Å²) in [5.74, 6) is -0.142. The molecule has 0 aromatic heterocycles. The third-order valence-electron chi connectivity index (χ3n) is 1.65. The monoisotopic (exact) mass is 214 g/mol. The first-order valence-electron chi connectivity index (χ1n) is 4.67. The summed E-state index contributed by atoms with van der Waals surface area (Å²) in [5, 5.41) is 0.176. The molecule has 1 fully saturated rings. The lowest BCUT2D eigenvalue weighted by molar-refractivity contribution is -0.139. The highest BCUT2D eigenvalue weighted by Gasteiger charge is 2.30. The van der Waals surface area contributed by atoms with E-state index in [0.29, 0.717) is 0 Å². The van der Waals surface area contributed by atoms with Gasteiger partial charge in [-0.1, -0.05) is 25.6 Å². The first kappa shape index (κ1) is 11.3. The molecule has 14 heavy (non-hydrogen) atoms. The maximum absolute atomic E-state index is 11.1. The number of rotatable bonds is 4. The molecule has 4 heteroatoms. The van der Waals surface area contributed by atoms with E-state index in [1.807, 2.05) is 13.8 Å². The van der Waals surface area contributed by atoms with Gasteiger partial charge in [0.2, 0.25) is 5.12 Å². The number of ether oxygens (including phenoxy) is 1. The van der Waals surface area contributed by atoms with E-state index in [1.165, 1.54) is 24.1 Å². The smallest absolute Gasteiger partial charge is 0.313 e. The first-order valence-corrected chi connectivity index (χ1v) is 5.55. The Hall–Kier alpha value is -0.770. The van der Waals surface area contributed by atoms with Gasteiger partial charge in [0.1, 0.15) is 0 Å². The minimum atomic E-state index is -0.219. The maximum atomic E-state index is 11.1. The van der Waals surface area contributed by atoms with E-state index < -0.39 is 0 Å². The van der Waals surface area contributed by atoms with E-state index in [1.54, 1.807) is 0 Å². The van der Waals surface area contributed by atoms with Gasteiger partial charge in [0, 0.05) is 11.3 Å². The van der Waals surface area contributed by atoms with Crippen LogP contribution in [0.15, 0.2) is 12.3 Å². The lowest BCUT2D eigenvalue weighted by Gasteiger charge is -1.98. The molecule has 0 radical (unpaired) electrons. The van der Waals surface area contributed by atoms with Crippen LogP contribution in [0, 0.1) is 5.92 Å². The largest absolute Gasteiger partial charge is 0.434 e. The Morgan fingerprint density at radius 2 is 2.07 bits per heavy atom. The van der Waals surface area contributed by atoms with Crippen LogP contribution < -0.4 is 0 Å². The Bertz CT molecular complexity index is 254. The molecule has 3 nitrogen and oxygen atoms in total. The van der Waals surface area contributed by atoms with E-state index in [9.17, 15) is 9.59 Å². The molecule has 1 rings (SSSR count). The molecule has 1 aliphatic carbocycles. The van der Waals surface area contributed by atoms with Crippen molar-refractivity contribution in [3.8, 4) is 0 Å². The zero-order valence-corrected chi connectivity index (χ0v) is 9.17. The average molecular weight is 214 g/mol. The Morgan fingerprint density at radius 1 is 1.43 bits per heavy atom. The molecule has 0 N–H and O–H groups in total. The van der Waals surface area contributed by atoms with Crippen LogP contribution in [0.2, 0.25) is 0 Å². The van der Waals surface area contributed by atoms with Crippen molar-refractivity contribution in [1.29, 1.82) is 0 Å². The van der Waals surface area contributed by atoms with E-state index in [-0.39, 0.29) is 22.3 Å². The van der Waals surface area contributed by atoms with Crippen molar-refractivity contribution in [1.82, 2.24) is 0 Å². The lowest BCUT2D eigenvalue weighted by Crippen LogP contribution is -2.02. The summed E-state index contributed by atoms with van der Waals surface area (Å²) in [7, 11) is 0. The average Bonchev–Trinajstić information content (AvgIpc) is 2.84. The van der Waals surface area contributed by atoms with Gasteiger partial charge in [0.15, 0.2) is 0 Å². The third-order valence-corrected chi connectivity index (χ3v) is 2.49. The van der Waals surface area contributed by atoms with Gasteiger partial charge in [-0.2, -0.15) is 0 Å². The van der Waals surface area contributed by atoms with Crippen molar-refractivity contribution in [3.63, 3.8) is 0 Å². The van der Waals surface area contributed by atoms with Crippen LogP contribution in [-0.4, -0.2) is 16.3 Å². The highest BCUT2D eigenvalue weighted by Crippen LogP contribution is 2.30. The second kappa shape index (κ2) is 5.20. The van der Waals surface area contributed by atoms with Crippen LogP contribution in [0.5, 0.6) is 0 Å². The van der Waals surface area contributed by atoms with Crippen molar-refractivity contribution in [3.05, 3.63) is 12.3 Å². The third kappa shape index (κ3) is 4.46. The number of hydrogen-bond acceptors (Lipinski definition) is 4. The van der Waals surface area contributed by atoms with Crippen LogP contribution in [0.4, 0.5) is 0 Å². The van der Waals surface area contributed by atoms with Crippen LogP contribution >= 0.6 is 11.8 Å². The first-order chi connectivity index (χ1) is 6.59. The maximum Gasteiger partial charge on any atom is 0.313 e. The minimum Gasteiger partial charge on any atom is -0.434 e. The zero-order valence-electron chi connectivity index (χ0n) is 8.36. The van der Waals surface area contributed by atoms with Gasteiger partial charge in [-0.15, -0.1) is 0 Å². The molecule has 0 aromatic rings. The molecule has 0 aromatic carbocycles. The molecule has 1 aliphatic rings. The van der Waals surface area contributed by atoms with Crippen LogP contribution in [0.25, 0.3) is 0 Å². The fourth-order valence-corrected chi connectivity index (χ4v) is 1.44. The summed E-state index contributed by atoms with van der Waals surface area (Å²) < 4.78 is 4.76. The molecule has 78 valence electrons. The Morgan fingerprint density at radius 3 is 2.57 bits per heavy atom. The van der Waals surface area contributed by atoms with Crippen LogP contribution in [0.3, 0.4) is 0 Å². The summed E-state index contributed by atoms with van der Waals surface area (Å²) in [6.07, 6.45) is 4.33. The van der Waals surface area contributed by atoms with Gasteiger partial charge in [0.25, 0.3) is 0 Å². The quantitative estimate of drug-likeness (QED) is 0.408. The second-order valence-corrected chi connectivity index (χ2v) is 5.08. The van der Waals surface area contributed by atoms with Gasteiger partial charge in [-0.25, -0.2) is 0 Å². The van der Waals surface area contributed by atoms with Gasteiger partial charge >= 0.3 is 5.97 Å². The molecular formula is C10H14O3S. The van der Waals surface area contributed by atoms with Crippen molar-refractivity contribution in [2.45, 2.75) is 31.9 Å². The van der Waals surface area contributed by atoms with E-state index in [0.717, 1.165) is 12.8 Å². The number of thioether (sulfide) groups is 1. The summed E-state index contributed by atoms with van der Waals surface area (Å²) in [6, 6.07) is 0. The van der Waals surface area contributed by atoms with Crippen molar-refractivity contribution >= 4 is 22.8 Å². The van der Waals surface area contributed by atoms with Crippen molar-refractivity contribution in [2.75, 3.05) is 0 Å². The molecule has 0 saturated heterocycles. The zero-order chi connectivity index (χ0) is 10.6. The highest BCUT2D eigenvalue weighted by molar-refractivity contribution is 8.14. The summed E-state index contributed by atoms with van der Waals surface area (Å²) >= 11 is 1.21. The predicted octanol–water partition coefficient (Wildman–Crippen LogP) is 2.12. The molecule has 0 bridgehead atoms. The molecule has 0 unspecified atom stereocenters. The number of hydrogen-bond donors (Lipinski definition) is 0. The molecule has 0 spiro atoms. The van der Waals surface area contributed by atoms with Crippen molar-refractivity contribution < 1.29 is 14.3 Å². The van der Waals surface area contributed by atoms with Crippen LogP contribution in [-0.2, 0) is 14.3 Å².